The molecule has 1 aromatic rings. The Morgan fingerprint density at radius 3 is 2.63 bits per heavy atom. The summed E-state index contributed by atoms with van der Waals surface area (Å²) < 4.78 is 0. The molecule has 1 aromatic carbocycles. The van der Waals surface area contributed by atoms with Gasteiger partial charge in [0.25, 0.3) is 0 Å². The average molecular weight is 261 g/mol. The summed E-state index contributed by atoms with van der Waals surface area (Å²) in [6.07, 6.45) is 5.09. The van der Waals surface area contributed by atoms with E-state index in [1.54, 1.807) is 6.08 Å². The van der Waals surface area contributed by atoms with E-state index >= 15 is 0 Å². The van der Waals surface area contributed by atoms with Gasteiger partial charge in [0.1, 0.15) is 0 Å². The number of hydrogen-bond acceptors (Lipinski definition) is 2. The second kappa shape index (κ2) is 7.74. The Kier molecular flexibility index (Phi) is 6.30. The molecule has 1 N–H and O–H groups in total. The van der Waals surface area contributed by atoms with E-state index in [1.165, 1.54) is 11.6 Å². The SMILES string of the molecule is CCC(CC)N(C)Cc1cccc(/C=C/C(=O)O)c1. The van der Waals surface area contributed by atoms with Crippen molar-refractivity contribution in [1.82, 2.24) is 4.90 Å². The smallest absolute Gasteiger partial charge is 0.328 e. The maximum Gasteiger partial charge on any atom is 0.328 e. The van der Waals surface area contributed by atoms with E-state index in [9.17, 15) is 4.79 Å². The molecule has 19 heavy (non-hydrogen) atoms. The standard InChI is InChI=1S/C16H23NO2/c1-4-15(5-2)17(3)12-14-8-6-7-13(11-14)9-10-16(18)19/h6-11,15H,4-5,12H2,1-3H3,(H,18,19)/b10-9+. The zero-order valence-corrected chi connectivity index (χ0v) is 12.0. The summed E-state index contributed by atoms with van der Waals surface area (Å²) in [5.74, 6) is -0.917. The van der Waals surface area contributed by atoms with Crippen molar-refractivity contribution in [3.05, 3.63) is 41.5 Å². The van der Waals surface area contributed by atoms with Gasteiger partial charge in [-0.05, 0) is 37.1 Å². The molecule has 0 radical (unpaired) electrons. The van der Waals surface area contributed by atoms with Crippen molar-refractivity contribution < 1.29 is 9.90 Å². The number of carbonyl (C=O) groups is 1. The summed E-state index contributed by atoms with van der Waals surface area (Å²) in [6.45, 7) is 5.30. The van der Waals surface area contributed by atoms with Crippen LogP contribution in [0.2, 0.25) is 0 Å². The molecule has 0 atom stereocenters. The summed E-state index contributed by atoms with van der Waals surface area (Å²) >= 11 is 0. The van der Waals surface area contributed by atoms with E-state index in [1.807, 2.05) is 18.2 Å². The van der Waals surface area contributed by atoms with Gasteiger partial charge in [-0.3, -0.25) is 4.90 Å². The van der Waals surface area contributed by atoms with Crippen molar-refractivity contribution in [3.63, 3.8) is 0 Å². The lowest BCUT2D eigenvalue weighted by Gasteiger charge is -2.26. The van der Waals surface area contributed by atoms with Crippen LogP contribution >= 0.6 is 0 Å². The minimum Gasteiger partial charge on any atom is -0.478 e. The Labute approximate surface area is 115 Å². The molecule has 0 saturated carbocycles. The second-order valence-electron chi connectivity index (χ2n) is 4.80. The molecule has 0 spiro atoms. The largest absolute Gasteiger partial charge is 0.478 e. The molecule has 0 aliphatic heterocycles. The summed E-state index contributed by atoms with van der Waals surface area (Å²) in [5.41, 5.74) is 2.14. The lowest BCUT2D eigenvalue weighted by Crippen LogP contribution is -2.29. The fourth-order valence-electron chi connectivity index (χ4n) is 2.29. The first-order valence-electron chi connectivity index (χ1n) is 6.77. The van der Waals surface area contributed by atoms with Gasteiger partial charge < -0.3 is 5.11 Å². The van der Waals surface area contributed by atoms with E-state index in [4.69, 9.17) is 5.11 Å². The molecule has 0 aliphatic rings. The molecule has 0 saturated heterocycles. The third-order valence-corrected chi connectivity index (χ3v) is 3.37. The quantitative estimate of drug-likeness (QED) is 0.765. The Morgan fingerprint density at radius 1 is 1.37 bits per heavy atom. The number of aliphatic carboxylic acids is 1. The molecule has 3 nitrogen and oxygen atoms in total. The van der Waals surface area contributed by atoms with Crippen LogP contribution in [0.1, 0.15) is 37.8 Å². The molecule has 0 amide bonds. The van der Waals surface area contributed by atoms with Crippen LogP contribution in [0.5, 0.6) is 0 Å². The normalized spacial score (nSPS) is 11.6. The van der Waals surface area contributed by atoms with Crippen LogP contribution in [-0.2, 0) is 11.3 Å². The Bertz CT molecular complexity index is 436. The highest BCUT2D eigenvalue weighted by Crippen LogP contribution is 2.13. The molecule has 3 heteroatoms. The summed E-state index contributed by atoms with van der Waals surface area (Å²) in [5, 5.41) is 8.63. The minimum absolute atomic E-state index is 0.596. The molecule has 0 heterocycles. The lowest BCUT2D eigenvalue weighted by molar-refractivity contribution is -0.131. The Hall–Kier alpha value is -1.61. The number of benzene rings is 1. The number of hydrogen-bond donors (Lipinski definition) is 1. The van der Waals surface area contributed by atoms with Gasteiger partial charge in [-0.15, -0.1) is 0 Å². The molecule has 104 valence electrons. The van der Waals surface area contributed by atoms with Crippen molar-refractivity contribution in [2.75, 3.05) is 7.05 Å². The van der Waals surface area contributed by atoms with Crippen LogP contribution in [0.25, 0.3) is 6.08 Å². The van der Waals surface area contributed by atoms with Gasteiger partial charge in [0.05, 0.1) is 0 Å². The lowest BCUT2D eigenvalue weighted by atomic mass is 10.1. The zero-order valence-electron chi connectivity index (χ0n) is 12.0. The first-order chi connectivity index (χ1) is 9.06. The van der Waals surface area contributed by atoms with Gasteiger partial charge in [0.2, 0.25) is 0 Å². The van der Waals surface area contributed by atoms with Gasteiger partial charge in [0.15, 0.2) is 0 Å². The maximum absolute atomic E-state index is 10.5. The van der Waals surface area contributed by atoms with Crippen molar-refractivity contribution in [2.24, 2.45) is 0 Å². The van der Waals surface area contributed by atoms with Crippen LogP contribution < -0.4 is 0 Å². The van der Waals surface area contributed by atoms with Crippen molar-refractivity contribution in [2.45, 2.75) is 39.3 Å². The average Bonchev–Trinajstić information content (AvgIpc) is 2.38. The highest BCUT2D eigenvalue weighted by Gasteiger charge is 2.10. The van der Waals surface area contributed by atoms with Crippen LogP contribution in [0.3, 0.4) is 0 Å². The van der Waals surface area contributed by atoms with E-state index < -0.39 is 5.97 Å². The van der Waals surface area contributed by atoms with E-state index in [2.05, 4.69) is 31.9 Å². The van der Waals surface area contributed by atoms with Gasteiger partial charge >= 0.3 is 5.97 Å². The molecule has 0 fully saturated rings. The topological polar surface area (TPSA) is 40.5 Å². The van der Waals surface area contributed by atoms with E-state index in [-0.39, 0.29) is 0 Å². The molecule has 0 aromatic heterocycles. The van der Waals surface area contributed by atoms with E-state index in [0.717, 1.165) is 24.9 Å². The fourth-order valence-corrected chi connectivity index (χ4v) is 2.29. The number of carboxylic acid groups (broad SMARTS) is 1. The van der Waals surface area contributed by atoms with Gasteiger partial charge in [-0.2, -0.15) is 0 Å². The molecular formula is C16H23NO2. The highest BCUT2D eigenvalue weighted by atomic mass is 16.4. The summed E-state index contributed by atoms with van der Waals surface area (Å²) in [4.78, 5) is 12.9. The third-order valence-electron chi connectivity index (χ3n) is 3.37. The Morgan fingerprint density at radius 2 is 2.05 bits per heavy atom. The zero-order chi connectivity index (χ0) is 14.3. The van der Waals surface area contributed by atoms with Crippen molar-refractivity contribution in [1.29, 1.82) is 0 Å². The van der Waals surface area contributed by atoms with Crippen LogP contribution in [0.15, 0.2) is 30.3 Å². The number of rotatable bonds is 7. The van der Waals surface area contributed by atoms with Gasteiger partial charge in [-0.1, -0.05) is 38.1 Å². The van der Waals surface area contributed by atoms with Crippen LogP contribution in [-0.4, -0.2) is 29.1 Å². The number of nitrogens with zero attached hydrogens (tertiary/aromatic N) is 1. The predicted molar refractivity (Wildman–Crippen MR) is 78.9 cm³/mol. The molecule has 0 unspecified atom stereocenters. The fraction of sp³-hybridized carbons (Fsp3) is 0.438. The summed E-state index contributed by atoms with van der Waals surface area (Å²) in [6, 6.07) is 8.60. The third kappa shape index (κ3) is 5.26. The second-order valence-corrected chi connectivity index (χ2v) is 4.80. The minimum atomic E-state index is -0.917. The first kappa shape index (κ1) is 15.4. The molecular weight excluding hydrogens is 238 g/mol. The van der Waals surface area contributed by atoms with E-state index in [0.29, 0.717) is 6.04 Å². The summed E-state index contributed by atoms with van der Waals surface area (Å²) in [7, 11) is 2.14. The van der Waals surface area contributed by atoms with Crippen molar-refractivity contribution >= 4 is 12.0 Å². The molecule has 0 bridgehead atoms. The monoisotopic (exact) mass is 261 g/mol. The Balaban J connectivity index is 2.74. The highest BCUT2D eigenvalue weighted by molar-refractivity contribution is 5.85. The number of carboxylic acids is 1. The van der Waals surface area contributed by atoms with Crippen LogP contribution in [0.4, 0.5) is 0 Å². The first-order valence-corrected chi connectivity index (χ1v) is 6.77. The molecule has 0 aliphatic carbocycles. The predicted octanol–water partition coefficient (Wildman–Crippen LogP) is 3.40. The van der Waals surface area contributed by atoms with Crippen LogP contribution in [0, 0.1) is 0 Å². The van der Waals surface area contributed by atoms with Gasteiger partial charge in [0, 0.05) is 18.7 Å². The van der Waals surface area contributed by atoms with Crippen molar-refractivity contribution in [3.8, 4) is 0 Å². The molecule has 1 rings (SSSR count). The maximum atomic E-state index is 10.5. The van der Waals surface area contributed by atoms with Gasteiger partial charge in [-0.25, -0.2) is 4.79 Å².